The second kappa shape index (κ2) is 12.1. The summed E-state index contributed by atoms with van der Waals surface area (Å²) in [6, 6.07) is 5.61. The first kappa shape index (κ1) is 26.2. The van der Waals surface area contributed by atoms with Crippen LogP contribution in [0.5, 0.6) is 0 Å². The molecule has 0 radical (unpaired) electrons. The number of thiocarbonyl (C=S) groups is 1. The molecule has 0 aliphatic carbocycles. The number of benzene rings is 1. The number of rotatable bonds is 10. The van der Waals surface area contributed by atoms with E-state index in [1.165, 1.54) is 24.3 Å². The Kier molecular flexibility index (Phi) is 10.9. The molecule has 0 bridgehead atoms. The van der Waals surface area contributed by atoms with Crippen molar-refractivity contribution in [3.05, 3.63) is 24.3 Å². The molecule has 164 valence electrons. The maximum Gasteiger partial charge on any atom is 0.238 e. The van der Waals surface area contributed by atoms with E-state index in [9.17, 15) is 13.2 Å². The van der Waals surface area contributed by atoms with Crippen molar-refractivity contribution in [2.24, 2.45) is 5.14 Å². The third-order valence-corrected chi connectivity index (χ3v) is 5.66. The summed E-state index contributed by atoms with van der Waals surface area (Å²) in [5, 5.41) is 13.3. The minimum Gasteiger partial charge on any atom is -0.339 e. The van der Waals surface area contributed by atoms with Crippen LogP contribution in [-0.2, 0) is 14.8 Å². The number of nitrogens with one attached hydrogen (secondary N) is 3. The van der Waals surface area contributed by atoms with Gasteiger partial charge in [-0.2, -0.15) is 0 Å². The summed E-state index contributed by atoms with van der Waals surface area (Å²) in [6.45, 7) is 2.12. The number of sulfonamides is 1. The van der Waals surface area contributed by atoms with Crippen LogP contribution in [0.4, 0.5) is 5.69 Å². The smallest absolute Gasteiger partial charge is 0.238 e. The zero-order valence-corrected chi connectivity index (χ0v) is 19.8. The van der Waals surface area contributed by atoms with Crippen molar-refractivity contribution in [2.45, 2.75) is 60.3 Å². The summed E-state index contributed by atoms with van der Waals surface area (Å²) in [5.41, 5.74) is 0.486. The van der Waals surface area contributed by atoms with Crippen LogP contribution in [0, 0.1) is 0 Å². The van der Waals surface area contributed by atoms with Crippen LogP contribution in [0.25, 0.3) is 0 Å². The van der Waals surface area contributed by atoms with Crippen molar-refractivity contribution >= 4 is 73.8 Å². The molecular weight excluding hydrogens is 479 g/mol. The molecule has 1 unspecified atom stereocenters. The number of anilines is 1. The minimum atomic E-state index is -3.79. The second-order valence-electron chi connectivity index (χ2n) is 6.37. The lowest BCUT2D eigenvalue weighted by Gasteiger charge is -2.27. The molecule has 0 aliphatic heterocycles. The van der Waals surface area contributed by atoms with Crippen LogP contribution in [0.1, 0.15) is 45.4 Å². The molecule has 0 spiro atoms. The van der Waals surface area contributed by atoms with E-state index in [0.29, 0.717) is 12.1 Å². The number of primary sulfonamides is 1. The number of halogens is 3. The number of carbonyl (C=O) groups is 1. The number of amides is 1. The zero-order valence-electron chi connectivity index (χ0n) is 15.9. The molecule has 1 amide bonds. The van der Waals surface area contributed by atoms with Crippen molar-refractivity contribution in [3.8, 4) is 0 Å². The highest BCUT2D eigenvalue weighted by Gasteiger charge is 2.34. The number of carbonyl (C=O) groups excluding carboxylic acids is 1. The van der Waals surface area contributed by atoms with E-state index in [1.54, 1.807) is 0 Å². The van der Waals surface area contributed by atoms with Gasteiger partial charge >= 0.3 is 0 Å². The van der Waals surface area contributed by atoms with E-state index in [4.69, 9.17) is 52.2 Å². The van der Waals surface area contributed by atoms with Gasteiger partial charge in [0.1, 0.15) is 6.17 Å². The van der Waals surface area contributed by atoms with E-state index in [-0.39, 0.29) is 15.9 Å². The Morgan fingerprint density at radius 1 is 1.10 bits per heavy atom. The summed E-state index contributed by atoms with van der Waals surface area (Å²) < 4.78 is 20.7. The van der Waals surface area contributed by atoms with Gasteiger partial charge in [-0.1, -0.05) is 67.4 Å². The Morgan fingerprint density at radius 3 is 2.21 bits per heavy atom. The molecule has 29 heavy (non-hydrogen) atoms. The van der Waals surface area contributed by atoms with Gasteiger partial charge in [-0.15, -0.1) is 0 Å². The van der Waals surface area contributed by atoms with Crippen LogP contribution >= 0.6 is 47.0 Å². The first-order valence-corrected chi connectivity index (χ1v) is 12.1. The first-order valence-electron chi connectivity index (χ1n) is 9.00. The summed E-state index contributed by atoms with van der Waals surface area (Å²) in [6.07, 6.45) is 4.31. The zero-order chi connectivity index (χ0) is 22.1. The largest absolute Gasteiger partial charge is 0.339 e. The molecule has 0 heterocycles. The predicted octanol–water partition coefficient (Wildman–Crippen LogP) is 3.79. The van der Waals surface area contributed by atoms with Gasteiger partial charge in [0.2, 0.25) is 19.7 Å². The van der Waals surface area contributed by atoms with Crippen molar-refractivity contribution in [3.63, 3.8) is 0 Å². The highest BCUT2D eigenvalue weighted by atomic mass is 35.6. The average molecular weight is 504 g/mol. The maximum atomic E-state index is 12.1. The van der Waals surface area contributed by atoms with Crippen molar-refractivity contribution in [2.75, 3.05) is 5.32 Å². The third-order valence-electron chi connectivity index (χ3n) is 3.86. The van der Waals surface area contributed by atoms with Crippen LogP contribution in [0.15, 0.2) is 29.2 Å². The van der Waals surface area contributed by atoms with Crippen LogP contribution in [-0.4, -0.2) is 29.4 Å². The van der Waals surface area contributed by atoms with Gasteiger partial charge in [0.15, 0.2) is 5.11 Å². The minimum absolute atomic E-state index is 0.0349. The van der Waals surface area contributed by atoms with E-state index >= 15 is 0 Å². The number of unbranched alkanes of at least 4 members (excludes halogenated alkanes) is 4. The van der Waals surface area contributed by atoms with Gasteiger partial charge in [0.05, 0.1) is 4.90 Å². The maximum absolute atomic E-state index is 12.1. The van der Waals surface area contributed by atoms with Gasteiger partial charge in [-0.05, 0) is 42.9 Å². The Labute approximate surface area is 192 Å². The molecule has 1 aromatic rings. The molecule has 0 fully saturated rings. The van der Waals surface area contributed by atoms with E-state index in [0.717, 1.165) is 32.1 Å². The van der Waals surface area contributed by atoms with Gasteiger partial charge in [0.25, 0.3) is 0 Å². The topological polar surface area (TPSA) is 113 Å². The Balaban J connectivity index is 2.61. The SMILES string of the molecule is CCCCCCCC(=O)NC(NC(=S)Nc1ccc(S(N)(=O)=O)cc1)C(Cl)(Cl)Cl. The molecule has 1 atom stereocenters. The number of hydrogen-bond acceptors (Lipinski definition) is 4. The summed E-state index contributed by atoms with van der Waals surface area (Å²) in [7, 11) is -3.79. The number of alkyl halides is 3. The second-order valence-corrected chi connectivity index (χ2v) is 10.7. The summed E-state index contributed by atoms with van der Waals surface area (Å²) >= 11 is 23.0. The van der Waals surface area contributed by atoms with Gasteiger partial charge in [0, 0.05) is 12.1 Å². The predicted molar refractivity (Wildman–Crippen MR) is 123 cm³/mol. The lowest BCUT2D eigenvalue weighted by Crippen LogP contribution is -2.56. The highest BCUT2D eigenvalue weighted by molar-refractivity contribution is 7.89. The van der Waals surface area contributed by atoms with Crippen LogP contribution in [0.2, 0.25) is 0 Å². The van der Waals surface area contributed by atoms with Crippen LogP contribution in [0.3, 0.4) is 0 Å². The molecule has 0 aliphatic rings. The Morgan fingerprint density at radius 2 is 1.69 bits per heavy atom. The van der Waals surface area contributed by atoms with Crippen molar-refractivity contribution in [1.29, 1.82) is 0 Å². The molecule has 0 saturated carbocycles. The first-order chi connectivity index (χ1) is 13.4. The highest BCUT2D eigenvalue weighted by Crippen LogP contribution is 2.29. The van der Waals surface area contributed by atoms with Gasteiger partial charge < -0.3 is 16.0 Å². The fourth-order valence-electron chi connectivity index (χ4n) is 2.35. The van der Waals surface area contributed by atoms with Crippen molar-refractivity contribution < 1.29 is 13.2 Å². The monoisotopic (exact) mass is 502 g/mol. The van der Waals surface area contributed by atoms with E-state index in [1.807, 2.05) is 0 Å². The summed E-state index contributed by atoms with van der Waals surface area (Å²) in [4.78, 5) is 12.1. The Bertz CT molecular complexity index is 784. The molecule has 12 heteroatoms. The molecule has 0 aromatic heterocycles. The lowest BCUT2D eigenvalue weighted by molar-refractivity contribution is -0.122. The Hall–Kier alpha value is -0.840. The fourth-order valence-corrected chi connectivity index (χ4v) is 3.43. The average Bonchev–Trinajstić information content (AvgIpc) is 2.60. The molecule has 0 saturated heterocycles. The lowest BCUT2D eigenvalue weighted by atomic mass is 10.1. The van der Waals surface area contributed by atoms with Gasteiger partial charge in [-0.3, -0.25) is 4.79 Å². The van der Waals surface area contributed by atoms with E-state index in [2.05, 4.69) is 22.9 Å². The van der Waals surface area contributed by atoms with Gasteiger partial charge in [-0.25, -0.2) is 13.6 Å². The normalized spacial score (nSPS) is 12.9. The van der Waals surface area contributed by atoms with Crippen molar-refractivity contribution in [1.82, 2.24) is 10.6 Å². The quantitative estimate of drug-likeness (QED) is 0.167. The summed E-state index contributed by atoms with van der Waals surface area (Å²) in [5.74, 6) is -0.259. The van der Waals surface area contributed by atoms with E-state index < -0.39 is 20.0 Å². The molecule has 5 N–H and O–H groups in total. The molecule has 1 aromatic carbocycles. The molecular formula is C17H25Cl3N4O3S2. The van der Waals surface area contributed by atoms with Crippen LogP contribution < -0.4 is 21.1 Å². The molecule has 7 nitrogen and oxygen atoms in total. The molecule has 1 rings (SSSR count). The third kappa shape index (κ3) is 10.7. The number of nitrogens with two attached hydrogens (primary N) is 1. The standard InChI is InChI=1S/C17H25Cl3N4O3S2/c1-2-3-4-5-6-7-14(25)23-15(17(18,19)20)24-16(28)22-12-8-10-13(11-9-12)29(21,26)27/h8-11,15H,2-7H2,1H3,(H,23,25)(H2,21,26,27)(H2,22,24,28). The number of hydrogen-bond donors (Lipinski definition) is 4. The fraction of sp³-hybridized carbons (Fsp3) is 0.529.